The normalized spacial score (nSPS) is 11.5. The minimum Gasteiger partial charge on any atom is -0.441 e. The molecule has 0 spiro atoms. The Hall–Kier alpha value is -4.76. The number of oxazole rings is 1. The number of aryl methyl sites for hydroxylation is 1. The molecule has 5 aromatic carbocycles. The first-order valence-electron chi connectivity index (χ1n) is 13.0. The number of hydrogen-bond acceptors (Lipinski definition) is 3. The van der Waals surface area contributed by atoms with E-state index in [1.807, 2.05) is 42.5 Å². The fraction of sp³-hybridized carbons (Fsp3) is 0.0857. The molecular formula is C35H28N2O. The summed E-state index contributed by atoms with van der Waals surface area (Å²) in [5, 5.41) is 11.1. The lowest BCUT2D eigenvalue weighted by Gasteiger charge is -2.15. The molecule has 1 heterocycles. The molecule has 6 rings (SSSR count). The molecule has 1 aromatic heterocycles. The summed E-state index contributed by atoms with van der Waals surface area (Å²) in [4.78, 5) is 4.57. The summed E-state index contributed by atoms with van der Waals surface area (Å²) in [5.41, 5.74) is 8.76. The predicted octanol–water partition coefficient (Wildman–Crippen LogP) is 9.04. The van der Waals surface area contributed by atoms with E-state index in [4.69, 9.17) is 9.83 Å². The van der Waals surface area contributed by atoms with Gasteiger partial charge < -0.3 is 9.83 Å². The molecule has 0 unspecified atom stereocenters. The van der Waals surface area contributed by atoms with E-state index in [1.54, 1.807) is 0 Å². The Kier molecular flexibility index (Phi) is 6.41. The summed E-state index contributed by atoms with van der Waals surface area (Å²) >= 11 is 0. The topological polar surface area (TPSA) is 49.9 Å². The van der Waals surface area contributed by atoms with Crippen LogP contribution in [-0.4, -0.2) is 10.7 Å². The quantitative estimate of drug-likeness (QED) is 0.226. The Labute approximate surface area is 222 Å². The predicted molar refractivity (Wildman–Crippen MR) is 158 cm³/mol. The van der Waals surface area contributed by atoms with Crippen molar-refractivity contribution in [1.82, 2.24) is 4.98 Å². The van der Waals surface area contributed by atoms with E-state index in [2.05, 4.69) is 90.8 Å². The van der Waals surface area contributed by atoms with E-state index < -0.39 is 0 Å². The van der Waals surface area contributed by atoms with Crippen molar-refractivity contribution in [1.29, 1.82) is 5.41 Å². The number of aromatic nitrogens is 1. The molecule has 0 amide bonds. The van der Waals surface area contributed by atoms with Gasteiger partial charge in [-0.15, -0.1) is 0 Å². The number of hydrogen-bond donors (Lipinski definition) is 1. The van der Waals surface area contributed by atoms with Gasteiger partial charge in [0.2, 0.25) is 0 Å². The molecule has 0 saturated carbocycles. The monoisotopic (exact) mass is 492 g/mol. The second-order valence-electron chi connectivity index (χ2n) is 9.44. The molecule has 3 nitrogen and oxygen atoms in total. The third-order valence-corrected chi connectivity index (χ3v) is 6.92. The molecule has 0 saturated heterocycles. The first kappa shape index (κ1) is 23.6. The summed E-state index contributed by atoms with van der Waals surface area (Å²) in [6.45, 7) is 2.05. The van der Waals surface area contributed by atoms with Crippen molar-refractivity contribution in [3.05, 3.63) is 138 Å². The van der Waals surface area contributed by atoms with Crippen LogP contribution in [-0.2, 0) is 12.8 Å². The van der Waals surface area contributed by atoms with Crippen molar-refractivity contribution >= 4 is 27.6 Å². The van der Waals surface area contributed by atoms with Crippen LogP contribution in [0.15, 0.2) is 126 Å². The SMILES string of the molecule is CCc1nc2ccc(-c3ccc4ccccc4c3-c3cccc(C(=N)/C=C\Cc4ccccc4)c3)cc2o1. The Morgan fingerprint density at radius 3 is 2.53 bits per heavy atom. The molecule has 0 radical (unpaired) electrons. The number of rotatable bonds is 7. The Morgan fingerprint density at radius 2 is 1.66 bits per heavy atom. The van der Waals surface area contributed by atoms with E-state index in [-0.39, 0.29) is 0 Å². The van der Waals surface area contributed by atoms with Gasteiger partial charge in [0, 0.05) is 6.42 Å². The highest BCUT2D eigenvalue weighted by atomic mass is 16.3. The standard InChI is InChI=1S/C35H28N2O/c1-2-34-37-32-21-19-26(23-33(32)38-34)30-20-18-25-13-6-7-16-29(25)35(30)28-15-9-14-27(22-28)31(36)17-8-12-24-10-4-3-5-11-24/h3-11,13-23,36H,2,12H2,1H3/b17-8-,36-31?. The van der Waals surface area contributed by atoms with Gasteiger partial charge in [0.05, 0.1) is 5.71 Å². The van der Waals surface area contributed by atoms with Gasteiger partial charge in [-0.2, -0.15) is 0 Å². The fourth-order valence-electron chi connectivity index (χ4n) is 4.98. The number of benzene rings is 5. The highest BCUT2D eigenvalue weighted by Gasteiger charge is 2.15. The maximum absolute atomic E-state index is 8.74. The Balaban J connectivity index is 1.42. The Morgan fingerprint density at radius 1 is 0.816 bits per heavy atom. The van der Waals surface area contributed by atoms with Crippen molar-refractivity contribution in [3.8, 4) is 22.3 Å². The molecule has 6 aromatic rings. The van der Waals surface area contributed by atoms with Crippen molar-refractivity contribution in [2.45, 2.75) is 19.8 Å². The minimum atomic E-state index is 0.500. The van der Waals surface area contributed by atoms with Gasteiger partial charge >= 0.3 is 0 Å². The van der Waals surface area contributed by atoms with E-state index in [9.17, 15) is 0 Å². The molecule has 3 heteroatoms. The molecule has 1 N–H and O–H groups in total. The molecule has 0 atom stereocenters. The summed E-state index contributed by atoms with van der Waals surface area (Å²) in [7, 11) is 0. The van der Waals surface area contributed by atoms with Crippen LogP contribution in [0.5, 0.6) is 0 Å². The van der Waals surface area contributed by atoms with Crippen molar-refractivity contribution < 1.29 is 4.42 Å². The van der Waals surface area contributed by atoms with Gasteiger partial charge in [0.25, 0.3) is 0 Å². The zero-order chi connectivity index (χ0) is 25.9. The lowest BCUT2D eigenvalue weighted by atomic mass is 9.88. The Bertz CT molecular complexity index is 1790. The van der Waals surface area contributed by atoms with E-state index in [1.165, 1.54) is 16.3 Å². The van der Waals surface area contributed by atoms with Crippen LogP contribution < -0.4 is 0 Å². The average molecular weight is 493 g/mol. The van der Waals surface area contributed by atoms with Crippen LogP contribution in [0.4, 0.5) is 0 Å². The average Bonchev–Trinajstić information content (AvgIpc) is 3.40. The lowest BCUT2D eigenvalue weighted by molar-refractivity contribution is 0.538. The highest BCUT2D eigenvalue weighted by molar-refractivity contribution is 6.09. The van der Waals surface area contributed by atoms with Crippen LogP contribution in [0, 0.1) is 5.41 Å². The van der Waals surface area contributed by atoms with Gasteiger partial charge in [0.15, 0.2) is 11.5 Å². The van der Waals surface area contributed by atoms with E-state index >= 15 is 0 Å². The van der Waals surface area contributed by atoms with Crippen LogP contribution >= 0.6 is 0 Å². The van der Waals surface area contributed by atoms with Crippen LogP contribution in [0.3, 0.4) is 0 Å². The van der Waals surface area contributed by atoms with Gasteiger partial charge in [0.1, 0.15) is 5.52 Å². The van der Waals surface area contributed by atoms with Crippen LogP contribution in [0.25, 0.3) is 44.1 Å². The summed E-state index contributed by atoms with van der Waals surface area (Å²) < 4.78 is 5.99. The first-order valence-corrected chi connectivity index (χ1v) is 13.0. The minimum absolute atomic E-state index is 0.500. The second-order valence-corrected chi connectivity index (χ2v) is 9.44. The fourth-order valence-corrected chi connectivity index (χ4v) is 4.98. The van der Waals surface area contributed by atoms with Gasteiger partial charge in [-0.25, -0.2) is 4.98 Å². The van der Waals surface area contributed by atoms with Crippen molar-refractivity contribution in [2.75, 3.05) is 0 Å². The van der Waals surface area contributed by atoms with Gasteiger partial charge in [-0.3, -0.25) is 0 Å². The molecule has 0 aliphatic rings. The number of fused-ring (bicyclic) bond motifs is 2. The summed E-state index contributed by atoms with van der Waals surface area (Å²) in [6.07, 6.45) is 5.54. The molecule has 184 valence electrons. The smallest absolute Gasteiger partial charge is 0.195 e. The van der Waals surface area contributed by atoms with Crippen LogP contribution in [0.2, 0.25) is 0 Å². The molecule has 38 heavy (non-hydrogen) atoms. The van der Waals surface area contributed by atoms with E-state index in [0.717, 1.165) is 57.6 Å². The van der Waals surface area contributed by atoms with Crippen molar-refractivity contribution in [2.24, 2.45) is 0 Å². The van der Waals surface area contributed by atoms with Gasteiger partial charge in [-0.05, 0) is 74.8 Å². The summed E-state index contributed by atoms with van der Waals surface area (Å²) in [5.74, 6) is 0.752. The van der Waals surface area contributed by atoms with E-state index in [0.29, 0.717) is 5.71 Å². The third kappa shape index (κ3) is 4.67. The highest BCUT2D eigenvalue weighted by Crippen LogP contribution is 2.39. The number of nitrogens with one attached hydrogen (secondary N) is 1. The molecule has 0 aliphatic carbocycles. The second kappa shape index (κ2) is 10.3. The molecule has 0 fully saturated rings. The maximum atomic E-state index is 8.74. The van der Waals surface area contributed by atoms with Gasteiger partial charge in [-0.1, -0.05) is 104 Å². The van der Waals surface area contributed by atoms with Crippen molar-refractivity contribution in [3.63, 3.8) is 0 Å². The maximum Gasteiger partial charge on any atom is 0.195 e. The first-order chi connectivity index (χ1) is 18.7. The largest absolute Gasteiger partial charge is 0.441 e. The molecule has 0 bridgehead atoms. The summed E-state index contributed by atoms with van der Waals surface area (Å²) in [6, 6.07) is 37.7. The molecule has 0 aliphatic heterocycles. The zero-order valence-electron chi connectivity index (χ0n) is 21.3. The number of allylic oxidation sites excluding steroid dienone is 2. The lowest BCUT2D eigenvalue weighted by Crippen LogP contribution is -1.96. The third-order valence-electron chi connectivity index (χ3n) is 6.92. The van der Waals surface area contributed by atoms with Crippen LogP contribution in [0.1, 0.15) is 23.9 Å². The number of nitrogens with zero attached hydrogens (tertiary/aromatic N) is 1. The zero-order valence-corrected chi connectivity index (χ0v) is 21.3. The molecular weight excluding hydrogens is 464 g/mol.